The zero-order chi connectivity index (χ0) is 22.0. The smallest absolute Gasteiger partial charge is 0.305 e. The first-order chi connectivity index (χ1) is 13.3. The van der Waals surface area contributed by atoms with Crippen LogP contribution in [0.2, 0.25) is 5.02 Å². The van der Waals surface area contributed by atoms with Gasteiger partial charge < -0.3 is 10.0 Å². The molecular weight excluding hydrogens is 386 g/mol. The number of allylic oxidation sites excluding steroid dienone is 1. The lowest BCUT2D eigenvalue weighted by atomic mass is 9.68. The average molecular weight is 420 g/mol. The fraction of sp³-hybridized carbons (Fsp3) is 0.583. The van der Waals surface area contributed by atoms with Crippen molar-refractivity contribution in [1.29, 1.82) is 0 Å². The van der Waals surface area contributed by atoms with Crippen LogP contribution < -0.4 is 0 Å². The van der Waals surface area contributed by atoms with Crippen molar-refractivity contribution >= 4 is 23.5 Å². The molecule has 0 radical (unpaired) electrons. The third-order valence-corrected chi connectivity index (χ3v) is 6.13. The molecule has 160 valence electrons. The molecule has 2 rings (SSSR count). The van der Waals surface area contributed by atoms with E-state index < -0.39 is 11.4 Å². The minimum Gasteiger partial charge on any atom is -0.481 e. The molecule has 0 aromatic heterocycles. The van der Waals surface area contributed by atoms with Crippen molar-refractivity contribution < 1.29 is 14.7 Å². The number of nitrogens with zero attached hydrogens (tertiary/aromatic N) is 1. The van der Waals surface area contributed by atoms with Crippen molar-refractivity contribution in [3.8, 4) is 0 Å². The van der Waals surface area contributed by atoms with Crippen LogP contribution in [0.5, 0.6) is 0 Å². The van der Waals surface area contributed by atoms with Gasteiger partial charge >= 0.3 is 5.97 Å². The number of carboxylic acids is 1. The van der Waals surface area contributed by atoms with Gasteiger partial charge in [0, 0.05) is 29.6 Å². The van der Waals surface area contributed by atoms with Gasteiger partial charge in [-0.25, -0.2) is 0 Å². The van der Waals surface area contributed by atoms with E-state index in [0.29, 0.717) is 6.42 Å². The molecule has 1 N–H and O–H groups in total. The van der Waals surface area contributed by atoms with Crippen LogP contribution in [0.15, 0.2) is 30.0 Å². The van der Waals surface area contributed by atoms with Crippen LogP contribution in [0.4, 0.5) is 0 Å². The number of hydrogen-bond acceptors (Lipinski definition) is 2. The fourth-order valence-corrected chi connectivity index (χ4v) is 4.23. The van der Waals surface area contributed by atoms with E-state index >= 15 is 0 Å². The molecule has 4 nitrogen and oxygen atoms in total. The second-order valence-corrected chi connectivity index (χ2v) is 10.3. The standard InChI is InChI=1S/C24H34ClNO3/c1-16(2)19-15-26(12-10-22(28)29)21(27)14-24(19,6)18-8-7-17(20(25)13-18)9-11-23(3,4)5/h7-8,13,15-16H,9-12,14H2,1-6H3,(H,28,29)/t24-/m1/s1. The number of halogens is 1. The molecule has 29 heavy (non-hydrogen) atoms. The first-order valence-corrected chi connectivity index (χ1v) is 10.7. The van der Waals surface area contributed by atoms with Gasteiger partial charge in [-0.05, 0) is 46.9 Å². The van der Waals surface area contributed by atoms with Crippen LogP contribution in [0.1, 0.15) is 71.9 Å². The Kier molecular flexibility index (Phi) is 7.21. The summed E-state index contributed by atoms with van der Waals surface area (Å²) >= 11 is 6.64. The molecule has 0 unspecified atom stereocenters. The predicted molar refractivity (Wildman–Crippen MR) is 118 cm³/mol. The summed E-state index contributed by atoms with van der Waals surface area (Å²) in [4.78, 5) is 25.3. The van der Waals surface area contributed by atoms with E-state index in [2.05, 4.69) is 53.7 Å². The van der Waals surface area contributed by atoms with E-state index in [1.165, 1.54) is 0 Å². The van der Waals surface area contributed by atoms with Gasteiger partial charge in [-0.1, -0.05) is 65.3 Å². The number of amides is 1. The highest BCUT2D eigenvalue weighted by molar-refractivity contribution is 6.31. The van der Waals surface area contributed by atoms with Crippen LogP contribution in [0.3, 0.4) is 0 Å². The van der Waals surface area contributed by atoms with E-state index in [9.17, 15) is 9.59 Å². The Morgan fingerprint density at radius 3 is 2.48 bits per heavy atom. The number of carbonyl (C=O) groups excluding carboxylic acids is 1. The zero-order valence-corrected chi connectivity index (χ0v) is 19.3. The Balaban J connectivity index is 2.36. The molecule has 5 heteroatoms. The highest BCUT2D eigenvalue weighted by Crippen LogP contribution is 2.43. The van der Waals surface area contributed by atoms with E-state index in [0.717, 1.165) is 34.6 Å². The number of carboxylic acid groups (broad SMARTS) is 1. The Morgan fingerprint density at radius 2 is 1.97 bits per heavy atom. The lowest BCUT2D eigenvalue weighted by Crippen LogP contribution is -2.42. The summed E-state index contributed by atoms with van der Waals surface area (Å²) in [5.41, 5.74) is 3.09. The molecule has 1 aliphatic rings. The molecule has 0 saturated carbocycles. The highest BCUT2D eigenvalue weighted by atomic mass is 35.5. The van der Waals surface area contributed by atoms with Crippen molar-refractivity contribution in [3.63, 3.8) is 0 Å². The van der Waals surface area contributed by atoms with Crippen molar-refractivity contribution in [3.05, 3.63) is 46.1 Å². The number of carbonyl (C=O) groups is 2. The topological polar surface area (TPSA) is 57.6 Å². The first kappa shape index (κ1) is 23.5. The Bertz CT molecular complexity index is 807. The summed E-state index contributed by atoms with van der Waals surface area (Å²) in [5.74, 6) is -0.728. The molecule has 0 saturated heterocycles. The number of hydrogen-bond donors (Lipinski definition) is 1. The van der Waals surface area contributed by atoms with Gasteiger partial charge in [0.15, 0.2) is 0 Å². The molecule has 1 atom stereocenters. The molecule has 1 amide bonds. The zero-order valence-electron chi connectivity index (χ0n) is 18.5. The highest BCUT2D eigenvalue weighted by Gasteiger charge is 2.40. The van der Waals surface area contributed by atoms with Gasteiger partial charge in [-0.3, -0.25) is 9.59 Å². The van der Waals surface area contributed by atoms with Gasteiger partial charge in [0.1, 0.15) is 0 Å². The van der Waals surface area contributed by atoms with Crippen molar-refractivity contribution in [2.24, 2.45) is 11.3 Å². The molecule has 0 fully saturated rings. The van der Waals surface area contributed by atoms with Gasteiger partial charge in [-0.2, -0.15) is 0 Å². The van der Waals surface area contributed by atoms with Crippen LogP contribution in [-0.2, 0) is 21.4 Å². The number of benzene rings is 1. The SMILES string of the molecule is CC(C)C1=CN(CCC(=O)O)C(=O)C[C@]1(C)c1ccc(CCC(C)(C)C)c(Cl)c1. The maximum Gasteiger partial charge on any atom is 0.305 e. The Morgan fingerprint density at radius 1 is 1.31 bits per heavy atom. The van der Waals surface area contributed by atoms with Gasteiger partial charge in [0.25, 0.3) is 0 Å². The van der Waals surface area contributed by atoms with Gasteiger partial charge in [-0.15, -0.1) is 0 Å². The summed E-state index contributed by atoms with van der Waals surface area (Å²) in [6.45, 7) is 13.2. The molecular formula is C24H34ClNO3. The lowest BCUT2D eigenvalue weighted by molar-refractivity contribution is -0.138. The normalized spacial score (nSPS) is 20.2. The van der Waals surface area contributed by atoms with Crippen LogP contribution in [-0.4, -0.2) is 28.4 Å². The Hall–Kier alpha value is -1.81. The Labute approximate surface area is 179 Å². The van der Waals surface area contributed by atoms with Crippen molar-refractivity contribution in [2.45, 2.75) is 72.6 Å². The summed E-state index contributed by atoms with van der Waals surface area (Å²) < 4.78 is 0. The molecule has 1 heterocycles. The fourth-order valence-electron chi connectivity index (χ4n) is 3.95. The molecule has 0 spiro atoms. The number of rotatable bonds is 7. The van der Waals surface area contributed by atoms with Gasteiger partial charge in [0.2, 0.25) is 5.91 Å². The average Bonchev–Trinajstić information content (AvgIpc) is 2.58. The van der Waals surface area contributed by atoms with Gasteiger partial charge in [0.05, 0.1) is 6.42 Å². The lowest BCUT2D eigenvalue weighted by Gasteiger charge is -2.41. The van der Waals surface area contributed by atoms with E-state index in [1.807, 2.05) is 12.3 Å². The monoisotopic (exact) mass is 419 g/mol. The van der Waals surface area contributed by atoms with Crippen molar-refractivity contribution in [1.82, 2.24) is 4.90 Å². The summed E-state index contributed by atoms with van der Waals surface area (Å²) in [6, 6.07) is 6.20. The maximum atomic E-state index is 12.8. The van der Waals surface area contributed by atoms with Crippen LogP contribution in [0, 0.1) is 11.3 Å². The molecule has 1 aliphatic heterocycles. The molecule has 0 aliphatic carbocycles. The first-order valence-electron chi connectivity index (χ1n) is 10.4. The minimum atomic E-state index is -0.900. The number of aliphatic carboxylic acids is 1. The van der Waals surface area contributed by atoms with Crippen LogP contribution in [0.25, 0.3) is 0 Å². The quantitative estimate of drug-likeness (QED) is 0.605. The third-order valence-electron chi connectivity index (χ3n) is 5.78. The molecule has 1 aromatic carbocycles. The maximum absolute atomic E-state index is 12.8. The van der Waals surface area contributed by atoms with E-state index in [-0.39, 0.29) is 30.2 Å². The van der Waals surface area contributed by atoms with Crippen molar-refractivity contribution in [2.75, 3.05) is 6.54 Å². The second-order valence-electron chi connectivity index (χ2n) is 9.85. The largest absolute Gasteiger partial charge is 0.481 e. The third kappa shape index (κ3) is 5.85. The minimum absolute atomic E-state index is 0.0499. The van der Waals surface area contributed by atoms with E-state index in [4.69, 9.17) is 16.7 Å². The number of aryl methyl sites for hydroxylation is 1. The van der Waals surface area contributed by atoms with Crippen LogP contribution >= 0.6 is 11.6 Å². The van der Waals surface area contributed by atoms with E-state index in [1.54, 1.807) is 4.90 Å². The second kappa shape index (κ2) is 8.91. The predicted octanol–water partition coefficient (Wildman–Crippen LogP) is 5.82. The summed E-state index contributed by atoms with van der Waals surface area (Å²) in [7, 11) is 0. The molecule has 1 aromatic rings. The summed E-state index contributed by atoms with van der Waals surface area (Å²) in [5, 5.41) is 9.71. The summed E-state index contributed by atoms with van der Waals surface area (Å²) in [6.07, 6.45) is 4.10. The molecule has 0 bridgehead atoms.